The summed E-state index contributed by atoms with van der Waals surface area (Å²) in [4.78, 5) is 4.92. The maximum absolute atomic E-state index is 6.05. The summed E-state index contributed by atoms with van der Waals surface area (Å²) in [5, 5.41) is 0. The molecule has 1 aliphatic heterocycles. The molecule has 118 valence electrons. The monoisotopic (exact) mass is 291 g/mol. The smallest absolute Gasteiger partial charge is 0.119 e. The van der Waals surface area contributed by atoms with Gasteiger partial charge in [-0.15, -0.1) is 0 Å². The Hall–Kier alpha value is -1.10. The highest BCUT2D eigenvalue weighted by Crippen LogP contribution is 2.24. The van der Waals surface area contributed by atoms with E-state index in [-0.39, 0.29) is 0 Å². The van der Waals surface area contributed by atoms with Crippen molar-refractivity contribution in [3.8, 4) is 5.75 Å². The van der Waals surface area contributed by atoms with Gasteiger partial charge in [0.1, 0.15) is 5.75 Å². The van der Waals surface area contributed by atoms with E-state index < -0.39 is 0 Å². The molecule has 0 spiro atoms. The fraction of sp³-hybridized carbons (Fsp3) is 0.647. The number of ether oxygens (including phenoxy) is 1. The Kier molecular flexibility index (Phi) is 6.03. The van der Waals surface area contributed by atoms with Crippen molar-refractivity contribution in [2.75, 3.05) is 39.8 Å². The number of nitrogens with zero attached hydrogens (tertiary/aromatic N) is 2. The van der Waals surface area contributed by atoms with Crippen LogP contribution in [0.25, 0.3) is 0 Å². The lowest BCUT2D eigenvalue weighted by molar-refractivity contribution is 0.0741. The van der Waals surface area contributed by atoms with Gasteiger partial charge in [0.2, 0.25) is 0 Å². The number of likely N-dealkylation sites (N-methyl/N-ethyl adjacent to an activating group) is 1. The molecule has 0 aromatic heterocycles. The van der Waals surface area contributed by atoms with Crippen LogP contribution in [0.15, 0.2) is 24.3 Å². The van der Waals surface area contributed by atoms with Crippen LogP contribution in [0.1, 0.15) is 31.9 Å². The lowest BCUT2D eigenvalue weighted by Gasteiger charge is -2.41. The van der Waals surface area contributed by atoms with Crippen molar-refractivity contribution in [1.29, 1.82) is 0 Å². The highest BCUT2D eigenvalue weighted by atomic mass is 16.5. The van der Waals surface area contributed by atoms with Crippen LogP contribution in [0.4, 0.5) is 0 Å². The molecule has 1 saturated heterocycles. The fourth-order valence-corrected chi connectivity index (χ4v) is 2.86. The molecule has 2 unspecified atom stereocenters. The first-order chi connectivity index (χ1) is 10.2. The molecular formula is C17H29N3O. The minimum Gasteiger partial charge on any atom is -0.494 e. The Labute approximate surface area is 128 Å². The lowest BCUT2D eigenvalue weighted by Crippen LogP contribution is -2.52. The van der Waals surface area contributed by atoms with Gasteiger partial charge in [0, 0.05) is 38.3 Å². The molecule has 2 rings (SSSR count). The summed E-state index contributed by atoms with van der Waals surface area (Å²) < 4.78 is 5.65. The van der Waals surface area contributed by atoms with E-state index in [0.29, 0.717) is 18.6 Å². The topological polar surface area (TPSA) is 41.7 Å². The maximum Gasteiger partial charge on any atom is 0.119 e. The molecule has 0 bridgehead atoms. The molecule has 4 heteroatoms. The Bertz CT molecular complexity index is 421. The number of hydrogen-bond donors (Lipinski definition) is 1. The summed E-state index contributed by atoms with van der Waals surface area (Å²) in [6.07, 6.45) is 1.03. The average Bonchev–Trinajstić information content (AvgIpc) is 2.50. The van der Waals surface area contributed by atoms with Crippen LogP contribution in [-0.4, -0.2) is 55.7 Å². The molecule has 1 aromatic carbocycles. The van der Waals surface area contributed by atoms with E-state index in [1.165, 1.54) is 5.56 Å². The summed E-state index contributed by atoms with van der Waals surface area (Å²) in [6, 6.07) is 9.33. The van der Waals surface area contributed by atoms with Crippen LogP contribution in [-0.2, 0) is 0 Å². The zero-order valence-electron chi connectivity index (χ0n) is 13.6. The predicted octanol–water partition coefficient (Wildman–Crippen LogP) is 2.11. The highest BCUT2D eigenvalue weighted by Gasteiger charge is 2.26. The van der Waals surface area contributed by atoms with Gasteiger partial charge >= 0.3 is 0 Å². The third-order valence-corrected chi connectivity index (χ3v) is 4.39. The van der Waals surface area contributed by atoms with Crippen LogP contribution in [0.2, 0.25) is 0 Å². The number of rotatable bonds is 6. The first-order valence-corrected chi connectivity index (χ1v) is 8.02. The molecule has 1 fully saturated rings. The molecule has 21 heavy (non-hydrogen) atoms. The number of nitrogens with two attached hydrogens (primary N) is 1. The molecule has 0 radical (unpaired) electrons. The summed E-state index contributed by atoms with van der Waals surface area (Å²) in [7, 11) is 2.19. The minimum absolute atomic E-state index is 0.307. The summed E-state index contributed by atoms with van der Waals surface area (Å²) >= 11 is 0. The van der Waals surface area contributed by atoms with Gasteiger partial charge in [-0.1, -0.05) is 19.1 Å². The molecular weight excluding hydrogens is 262 g/mol. The molecule has 1 aliphatic rings. The third-order valence-electron chi connectivity index (χ3n) is 4.39. The second-order valence-corrected chi connectivity index (χ2v) is 5.99. The van der Waals surface area contributed by atoms with E-state index in [2.05, 4.69) is 55.0 Å². The lowest BCUT2D eigenvalue weighted by atomic mass is 10.0. The van der Waals surface area contributed by atoms with Gasteiger partial charge in [0.15, 0.2) is 0 Å². The van der Waals surface area contributed by atoms with E-state index in [4.69, 9.17) is 10.5 Å². The summed E-state index contributed by atoms with van der Waals surface area (Å²) in [5.74, 6) is 0.947. The van der Waals surface area contributed by atoms with Crippen LogP contribution >= 0.6 is 0 Å². The van der Waals surface area contributed by atoms with Gasteiger partial charge in [-0.05, 0) is 38.1 Å². The predicted molar refractivity (Wildman–Crippen MR) is 87.7 cm³/mol. The molecule has 4 nitrogen and oxygen atoms in total. The van der Waals surface area contributed by atoms with Crippen molar-refractivity contribution in [2.24, 2.45) is 5.73 Å². The zero-order valence-corrected chi connectivity index (χ0v) is 13.6. The van der Waals surface area contributed by atoms with Crippen LogP contribution in [0, 0.1) is 0 Å². The molecule has 0 aliphatic carbocycles. The maximum atomic E-state index is 6.05. The first kappa shape index (κ1) is 16.3. The molecule has 0 amide bonds. The normalized spacial score (nSPS) is 22.2. The molecule has 2 atom stereocenters. The van der Waals surface area contributed by atoms with Crippen molar-refractivity contribution < 1.29 is 4.74 Å². The van der Waals surface area contributed by atoms with E-state index >= 15 is 0 Å². The minimum atomic E-state index is 0.307. The van der Waals surface area contributed by atoms with Crippen molar-refractivity contribution in [3.05, 3.63) is 29.8 Å². The largest absolute Gasteiger partial charge is 0.494 e. The Morgan fingerprint density at radius 1 is 1.29 bits per heavy atom. The van der Waals surface area contributed by atoms with E-state index in [0.717, 1.165) is 38.4 Å². The van der Waals surface area contributed by atoms with Gasteiger partial charge < -0.3 is 15.4 Å². The van der Waals surface area contributed by atoms with Gasteiger partial charge in [-0.25, -0.2) is 0 Å². The van der Waals surface area contributed by atoms with Crippen molar-refractivity contribution >= 4 is 0 Å². The number of piperazine rings is 1. The van der Waals surface area contributed by atoms with E-state index in [1.54, 1.807) is 0 Å². The average molecular weight is 291 g/mol. The van der Waals surface area contributed by atoms with Crippen LogP contribution in [0.5, 0.6) is 5.75 Å². The molecule has 0 saturated carbocycles. The fourth-order valence-electron chi connectivity index (χ4n) is 2.86. The second kappa shape index (κ2) is 7.78. The van der Waals surface area contributed by atoms with E-state index in [1.807, 2.05) is 0 Å². The quantitative estimate of drug-likeness (QED) is 0.871. The van der Waals surface area contributed by atoms with Crippen molar-refractivity contribution in [1.82, 2.24) is 9.80 Å². The van der Waals surface area contributed by atoms with Gasteiger partial charge in [-0.2, -0.15) is 0 Å². The Balaban J connectivity index is 2.03. The third kappa shape index (κ3) is 4.19. The van der Waals surface area contributed by atoms with Crippen molar-refractivity contribution in [3.63, 3.8) is 0 Å². The van der Waals surface area contributed by atoms with Crippen LogP contribution in [0.3, 0.4) is 0 Å². The molecule has 2 N–H and O–H groups in total. The molecule has 1 heterocycles. The first-order valence-electron chi connectivity index (χ1n) is 8.02. The van der Waals surface area contributed by atoms with E-state index in [9.17, 15) is 0 Å². The highest BCUT2D eigenvalue weighted by molar-refractivity contribution is 5.29. The SMILES string of the molecule is CCCOc1ccc(C(CN)N2CCN(C)C(C)C2)cc1. The van der Waals surface area contributed by atoms with Crippen molar-refractivity contribution in [2.45, 2.75) is 32.4 Å². The number of hydrogen-bond acceptors (Lipinski definition) is 4. The zero-order chi connectivity index (χ0) is 15.2. The van der Waals surface area contributed by atoms with Gasteiger partial charge in [0.25, 0.3) is 0 Å². The Morgan fingerprint density at radius 3 is 2.57 bits per heavy atom. The summed E-state index contributed by atoms with van der Waals surface area (Å²) in [5.41, 5.74) is 7.34. The molecule has 1 aromatic rings. The van der Waals surface area contributed by atoms with Gasteiger partial charge in [0.05, 0.1) is 6.61 Å². The Morgan fingerprint density at radius 2 is 2.00 bits per heavy atom. The summed E-state index contributed by atoms with van der Waals surface area (Å²) in [6.45, 7) is 9.09. The van der Waals surface area contributed by atoms with Crippen LogP contribution < -0.4 is 10.5 Å². The van der Waals surface area contributed by atoms with Gasteiger partial charge in [-0.3, -0.25) is 4.90 Å². The standard InChI is InChI=1S/C17H29N3O/c1-4-11-21-16-7-5-15(6-8-16)17(12-18)20-10-9-19(3)14(2)13-20/h5-8,14,17H,4,9-13,18H2,1-3H3. The number of benzene rings is 1. The second-order valence-electron chi connectivity index (χ2n) is 5.99.